The number of hydrogen-bond acceptors (Lipinski definition) is 1. The molecule has 2 aromatic carbocycles. The van der Waals surface area contributed by atoms with Gasteiger partial charge in [0.1, 0.15) is 5.82 Å². The first-order valence-corrected chi connectivity index (χ1v) is 10.9. The summed E-state index contributed by atoms with van der Waals surface area (Å²) in [4.78, 5) is 0. The van der Waals surface area contributed by atoms with Crippen molar-refractivity contribution in [3.63, 3.8) is 0 Å². The van der Waals surface area contributed by atoms with Crippen molar-refractivity contribution in [2.45, 2.75) is 77.2 Å². The highest BCUT2D eigenvalue weighted by molar-refractivity contribution is 5.66. The zero-order chi connectivity index (χ0) is 20.8. The highest BCUT2D eigenvalue weighted by Gasteiger charge is 2.24. The summed E-state index contributed by atoms with van der Waals surface area (Å²) in [6, 6.07) is 7.82. The minimum Gasteiger partial charge on any atom is -0.378 e. The number of ether oxygens (including phenoxy) is 1. The van der Waals surface area contributed by atoms with E-state index in [1.165, 1.54) is 43.9 Å². The lowest BCUT2D eigenvalue weighted by molar-refractivity contribution is -0.00216. The third-order valence-electron chi connectivity index (χ3n) is 6.05. The van der Waals surface area contributed by atoms with Gasteiger partial charge in [0, 0.05) is 17.0 Å². The Kier molecular flexibility index (Phi) is 7.77. The fraction of sp³-hybridized carbons (Fsp3) is 0.520. The van der Waals surface area contributed by atoms with E-state index < -0.39 is 17.5 Å². The van der Waals surface area contributed by atoms with Gasteiger partial charge < -0.3 is 4.74 Å². The Hall–Kier alpha value is -1.81. The highest BCUT2D eigenvalue weighted by atomic mass is 19.2. The van der Waals surface area contributed by atoms with Gasteiger partial charge in [0.15, 0.2) is 11.6 Å². The van der Waals surface area contributed by atoms with Gasteiger partial charge >= 0.3 is 0 Å². The SMILES string of the molecule is CCCCCCC1CCC(c2ccc(-c3ccc(CC)c(F)c3F)c(F)c2)CO1. The summed E-state index contributed by atoms with van der Waals surface area (Å²) in [5, 5.41) is 0. The molecule has 2 unspecified atom stereocenters. The van der Waals surface area contributed by atoms with Crippen molar-refractivity contribution in [1.29, 1.82) is 0 Å². The van der Waals surface area contributed by atoms with Gasteiger partial charge in [0.25, 0.3) is 0 Å². The maximum absolute atomic E-state index is 14.8. The maximum Gasteiger partial charge on any atom is 0.167 e. The molecule has 1 fully saturated rings. The number of benzene rings is 2. The van der Waals surface area contributed by atoms with Crippen molar-refractivity contribution in [1.82, 2.24) is 0 Å². The van der Waals surface area contributed by atoms with Gasteiger partial charge in [-0.3, -0.25) is 0 Å². The van der Waals surface area contributed by atoms with Crippen LogP contribution in [0.4, 0.5) is 13.2 Å². The van der Waals surface area contributed by atoms with Crippen LogP contribution in [0.3, 0.4) is 0 Å². The predicted molar refractivity (Wildman–Crippen MR) is 112 cm³/mol. The van der Waals surface area contributed by atoms with Crippen LogP contribution in [0.25, 0.3) is 11.1 Å². The first-order chi connectivity index (χ1) is 14.0. The van der Waals surface area contributed by atoms with Gasteiger partial charge in [-0.25, -0.2) is 13.2 Å². The second kappa shape index (κ2) is 10.3. The number of unbranched alkanes of at least 4 members (excludes halogenated alkanes) is 3. The molecular weight excluding hydrogens is 373 g/mol. The molecule has 0 radical (unpaired) electrons. The Balaban J connectivity index is 1.66. The second-order valence-corrected chi connectivity index (χ2v) is 8.07. The van der Waals surface area contributed by atoms with Gasteiger partial charge in [0.2, 0.25) is 0 Å². The molecule has 1 aliphatic rings. The molecule has 2 atom stereocenters. The lowest BCUT2D eigenvalue weighted by Crippen LogP contribution is -2.24. The lowest BCUT2D eigenvalue weighted by Gasteiger charge is -2.29. The third-order valence-corrected chi connectivity index (χ3v) is 6.05. The van der Waals surface area contributed by atoms with Gasteiger partial charge in [-0.2, -0.15) is 0 Å². The summed E-state index contributed by atoms with van der Waals surface area (Å²) in [5.41, 5.74) is 1.22. The van der Waals surface area contributed by atoms with Crippen molar-refractivity contribution in [2.75, 3.05) is 6.61 Å². The van der Waals surface area contributed by atoms with E-state index in [4.69, 9.17) is 4.74 Å². The molecule has 2 aromatic rings. The predicted octanol–water partition coefficient (Wildman–Crippen LogP) is 7.57. The summed E-state index contributed by atoms with van der Waals surface area (Å²) < 4.78 is 49.3. The van der Waals surface area contributed by atoms with E-state index in [2.05, 4.69) is 6.92 Å². The molecule has 0 amide bonds. The molecule has 4 heteroatoms. The largest absolute Gasteiger partial charge is 0.378 e. The molecule has 0 saturated carbocycles. The summed E-state index contributed by atoms with van der Waals surface area (Å²) in [6.07, 6.45) is 8.70. The number of hydrogen-bond donors (Lipinski definition) is 0. The van der Waals surface area contributed by atoms with Crippen molar-refractivity contribution in [3.8, 4) is 11.1 Å². The molecule has 0 spiro atoms. The van der Waals surface area contributed by atoms with Gasteiger partial charge in [-0.15, -0.1) is 0 Å². The highest BCUT2D eigenvalue weighted by Crippen LogP contribution is 2.34. The Bertz CT molecular complexity index is 810. The van der Waals surface area contributed by atoms with Crippen LogP contribution in [0.15, 0.2) is 30.3 Å². The quantitative estimate of drug-likeness (QED) is 0.412. The number of halogens is 3. The minimum atomic E-state index is -0.983. The Labute approximate surface area is 172 Å². The molecule has 0 N–H and O–H groups in total. The van der Waals surface area contributed by atoms with Crippen molar-refractivity contribution in [2.24, 2.45) is 0 Å². The second-order valence-electron chi connectivity index (χ2n) is 8.07. The molecule has 29 heavy (non-hydrogen) atoms. The zero-order valence-electron chi connectivity index (χ0n) is 17.4. The lowest BCUT2D eigenvalue weighted by atomic mass is 9.89. The van der Waals surface area contributed by atoms with Crippen LogP contribution >= 0.6 is 0 Å². The summed E-state index contributed by atoms with van der Waals surface area (Å²) in [5.74, 6) is -2.25. The summed E-state index contributed by atoms with van der Waals surface area (Å²) in [7, 11) is 0. The van der Waals surface area contributed by atoms with Crippen LogP contribution in [-0.2, 0) is 11.2 Å². The fourth-order valence-electron chi connectivity index (χ4n) is 4.17. The van der Waals surface area contributed by atoms with Crippen LogP contribution in [0.1, 0.15) is 75.8 Å². The van der Waals surface area contributed by atoms with Crippen LogP contribution in [-0.4, -0.2) is 12.7 Å². The minimum absolute atomic E-state index is 0.0317. The molecule has 1 aliphatic heterocycles. The van der Waals surface area contributed by atoms with E-state index in [9.17, 15) is 13.2 Å². The van der Waals surface area contributed by atoms with Crippen molar-refractivity contribution in [3.05, 3.63) is 58.9 Å². The first kappa shape index (κ1) is 21.9. The molecule has 0 aromatic heterocycles. The molecule has 158 valence electrons. The van der Waals surface area contributed by atoms with Crippen LogP contribution in [0, 0.1) is 17.5 Å². The molecule has 1 saturated heterocycles. The summed E-state index contributed by atoms with van der Waals surface area (Å²) >= 11 is 0. The Morgan fingerprint density at radius 2 is 1.69 bits per heavy atom. The van der Waals surface area contributed by atoms with E-state index in [-0.39, 0.29) is 17.0 Å². The van der Waals surface area contributed by atoms with Crippen LogP contribution in [0.5, 0.6) is 0 Å². The Morgan fingerprint density at radius 3 is 2.34 bits per heavy atom. The smallest absolute Gasteiger partial charge is 0.167 e. The standard InChI is InChI=1S/C25H31F3O/c1-3-5-6-7-8-20-12-9-19(16-29-20)18-11-13-21(23(26)15-18)22-14-10-17(4-2)24(27)25(22)28/h10-11,13-15,19-20H,3-9,12,16H2,1-2H3. The topological polar surface area (TPSA) is 9.23 Å². The molecule has 3 rings (SSSR count). The number of rotatable bonds is 8. The van der Waals surface area contributed by atoms with E-state index in [0.717, 1.165) is 24.8 Å². The van der Waals surface area contributed by atoms with E-state index >= 15 is 0 Å². The van der Waals surface area contributed by atoms with E-state index in [0.29, 0.717) is 24.7 Å². The normalized spacial score (nSPS) is 19.5. The van der Waals surface area contributed by atoms with Gasteiger partial charge in [-0.1, -0.05) is 63.8 Å². The third kappa shape index (κ3) is 5.22. The first-order valence-electron chi connectivity index (χ1n) is 10.9. The monoisotopic (exact) mass is 404 g/mol. The van der Waals surface area contributed by atoms with Crippen molar-refractivity contribution >= 4 is 0 Å². The molecule has 1 heterocycles. The van der Waals surface area contributed by atoms with Crippen molar-refractivity contribution < 1.29 is 17.9 Å². The molecular formula is C25H31F3O. The Morgan fingerprint density at radius 1 is 0.897 bits per heavy atom. The molecule has 0 aliphatic carbocycles. The fourth-order valence-corrected chi connectivity index (χ4v) is 4.17. The average molecular weight is 405 g/mol. The summed E-state index contributed by atoms with van der Waals surface area (Å²) in [6.45, 7) is 4.55. The van der Waals surface area contributed by atoms with Gasteiger partial charge in [0.05, 0.1) is 12.7 Å². The molecule has 1 nitrogen and oxygen atoms in total. The van der Waals surface area contributed by atoms with Crippen LogP contribution < -0.4 is 0 Å². The average Bonchev–Trinajstić information content (AvgIpc) is 2.74. The zero-order valence-corrected chi connectivity index (χ0v) is 17.4. The van der Waals surface area contributed by atoms with Gasteiger partial charge in [-0.05, 0) is 42.9 Å². The van der Waals surface area contributed by atoms with E-state index in [1.807, 2.05) is 6.07 Å². The maximum atomic E-state index is 14.8. The number of aryl methyl sites for hydroxylation is 1. The van der Waals surface area contributed by atoms with E-state index in [1.54, 1.807) is 13.0 Å². The van der Waals surface area contributed by atoms with Crippen LogP contribution in [0.2, 0.25) is 0 Å². The molecule has 0 bridgehead atoms.